The van der Waals surface area contributed by atoms with Gasteiger partial charge >= 0.3 is 5.97 Å². The predicted molar refractivity (Wildman–Crippen MR) is 123 cm³/mol. The van der Waals surface area contributed by atoms with E-state index in [2.05, 4.69) is 43.3 Å². The summed E-state index contributed by atoms with van der Waals surface area (Å²) in [6.45, 7) is 2.23. The molecule has 1 fully saturated rings. The summed E-state index contributed by atoms with van der Waals surface area (Å²) in [5.74, 6) is -0.110. The number of ether oxygens (including phenoxy) is 1. The van der Waals surface area contributed by atoms with Crippen LogP contribution in [0, 0.1) is 0 Å². The molecule has 0 saturated carbocycles. The highest BCUT2D eigenvalue weighted by Gasteiger charge is 2.30. The van der Waals surface area contributed by atoms with Crippen molar-refractivity contribution in [1.82, 2.24) is 0 Å². The molecule has 4 nitrogen and oxygen atoms in total. The summed E-state index contributed by atoms with van der Waals surface area (Å²) in [4.78, 5) is 27.7. The van der Waals surface area contributed by atoms with Crippen LogP contribution in [0.1, 0.15) is 65.6 Å². The number of nitrogens with zero attached hydrogens (tertiary/aromatic N) is 1. The van der Waals surface area contributed by atoms with Crippen LogP contribution in [0.4, 0.5) is 5.69 Å². The van der Waals surface area contributed by atoms with Crippen molar-refractivity contribution in [3.05, 3.63) is 63.9 Å². The van der Waals surface area contributed by atoms with Crippen LogP contribution in [0.25, 0.3) is 0 Å². The molecular weight excluding hydrogens is 394 g/mol. The number of esters is 1. The summed E-state index contributed by atoms with van der Waals surface area (Å²) >= 11 is 1.45. The fourth-order valence-electron chi connectivity index (χ4n) is 3.84. The van der Waals surface area contributed by atoms with Gasteiger partial charge in [0.1, 0.15) is 4.88 Å². The smallest absolute Gasteiger partial charge is 0.348 e. The van der Waals surface area contributed by atoms with Gasteiger partial charge in [-0.3, -0.25) is 4.79 Å². The lowest BCUT2D eigenvalue weighted by Gasteiger charge is -2.23. The lowest BCUT2D eigenvalue weighted by atomic mass is 10.1. The molecule has 5 heteroatoms. The number of hydrogen-bond donors (Lipinski definition) is 0. The standard InChI is InChI=1S/C25H31NO3S/c1-3-4-5-6-8-19-11-13-21(14-12-19)26-20(15-18-24(26)27)9-7-10-22-16-17-23(30-22)25(28)29-2/h7,9,11-14,16-17,20H,3-6,8,10,15,18H2,1-2H3/t20-/m0/s1. The van der Waals surface area contributed by atoms with E-state index in [4.69, 9.17) is 4.74 Å². The Morgan fingerprint density at radius 3 is 2.70 bits per heavy atom. The molecule has 1 atom stereocenters. The molecule has 1 aliphatic rings. The number of amides is 1. The minimum Gasteiger partial charge on any atom is -0.465 e. The quantitative estimate of drug-likeness (QED) is 0.268. The zero-order valence-electron chi connectivity index (χ0n) is 17.9. The third-order valence-corrected chi connectivity index (χ3v) is 6.60. The van der Waals surface area contributed by atoms with E-state index in [0.717, 1.165) is 29.8 Å². The third kappa shape index (κ3) is 5.82. The van der Waals surface area contributed by atoms with Crippen LogP contribution in [-0.2, 0) is 22.4 Å². The van der Waals surface area contributed by atoms with Crippen molar-refractivity contribution in [2.24, 2.45) is 0 Å². The van der Waals surface area contributed by atoms with Gasteiger partial charge in [-0.05, 0) is 55.5 Å². The predicted octanol–water partition coefficient (Wildman–Crippen LogP) is 5.95. The monoisotopic (exact) mass is 425 g/mol. The first-order valence-electron chi connectivity index (χ1n) is 10.9. The molecule has 30 heavy (non-hydrogen) atoms. The van der Waals surface area contributed by atoms with Gasteiger partial charge < -0.3 is 9.64 Å². The van der Waals surface area contributed by atoms with Crippen molar-refractivity contribution < 1.29 is 14.3 Å². The number of aryl methyl sites for hydroxylation is 1. The van der Waals surface area contributed by atoms with Gasteiger partial charge in [-0.25, -0.2) is 4.79 Å². The number of hydrogen-bond acceptors (Lipinski definition) is 4. The van der Waals surface area contributed by atoms with Crippen LogP contribution in [0.2, 0.25) is 0 Å². The molecule has 0 aliphatic carbocycles. The Bertz CT molecular complexity index is 869. The van der Waals surface area contributed by atoms with Gasteiger partial charge in [0.25, 0.3) is 0 Å². The number of rotatable bonds is 10. The SMILES string of the molecule is CCCCCCc1ccc(N2C(=O)CC[C@@H]2C=CCc2ccc(C(=O)OC)s2)cc1. The molecule has 2 aromatic rings. The van der Waals surface area contributed by atoms with Crippen molar-refractivity contribution in [1.29, 1.82) is 0 Å². The summed E-state index contributed by atoms with van der Waals surface area (Å²) in [6, 6.07) is 12.3. The lowest BCUT2D eigenvalue weighted by Crippen LogP contribution is -2.31. The summed E-state index contributed by atoms with van der Waals surface area (Å²) in [5, 5.41) is 0. The Kier molecular flexibility index (Phi) is 8.26. The minimum absolute atomic E-state index is 0.0907. The lowest BCUT2D eigenvalue weighted by molar-refractivity contribution is -0.117. The Morgan fingerprint density at radius 2 is 1.97 bits per heavy atom. The number of anilines is 1. The summed E-state index contributed by atoms with van der Waals surface area (Å²) < 4.78 is 4.76. The Balaban J connectivity index is 1.59. The molecule has 160 valence electrons. The normalized spacial score (nSPS) is 16.5. The van der Waals surface area contributed by atoms with Gasteiger partial charge in [0.15, 0.2) is 0 Å². The van der Waals surface area contributed by atoms with Crippen LogP contribution in [-0.4, -0.2) is 25.0 Å². The molecule has 1 aliphatic heterocycles. The molecule has 1 aromatic carbocycles. The fraction of sp³-hybridized carbons (Fsp3) is 0.440. The largest absolute Gasteiger partial charge is 0.465 e. The topological polar surface area (TPSA) is 46.6 Å². The van der Waals surface area contributed by atoms with Crippen molar-refractivity contribution in [2.75, 3.05) is 12.0 Å². The second kappa shape index (κ2) is 11.1. The number of unbranched alkanes of at least 4 members (excludes halogenated alkanes) is 3. The molecule has 1 amide bonds. The molecule has 0 N–H and O–H groups in total. The zero-order chi connectivity index (χ0) is 21.3. The van der Waals surface area contributed by atoms with E-state index in [1.807, 2.05) is 11.0 Å². The van der Waals surface area contributed by atoms with Gasteiger partial charge in [0.2, 0.25) is 5.91 Å². The number of benzene rings is 1. The van der Waals surface area contributed by atoms with Gasteiger partial charge in [0.05, 0.1) is 13.2 Å². The van der Waals surface area contributed by atoms with Crippen molar-refractivity contribution in [3.8, 4) is 0 Å². The molecule has 0 bridgehead atoms. The summed E-state index contributed by atoms with van der Waals surface area (Å²) in [6.07, 6.45) is 12.6. The van der Waals surface area contributed by atoms with E-state index in [0.29, 0.717) is 11.3 Å². The molecule has 0 spiro atoms. The molecule has 1 saturated heterocycles. The van der Waals surface area contributed by atoms with Gasteiger partial charge in [-0.15, -0.1) is 11.3 Å². The summed E-state index contributed by atoms with van der Waals surface area (Å²) in [5.41, 5.74) is 2.32. The Labute approximate surface area is 183 Å². The zero-order valence-corrected chi connectivity index (χ0v) is 18.7. The first-order chi connectivity index (χ1) is 14.6. The van der Waals surface area contributed by atoms with Crippen molar-refractivity contribution >= 4 is 28.9 Å². The maximum atomic E-state index is 12.5. The third-order valence-electron chi connectivity index (χ3n) is 5.51. The number of carbonyl (C=O) groups is 2. The van der Waals surface area contributed by atoms with E-state index in [-0.39, 0.29) is 17.9 Å². The van der Waals surface area contributed by atoms with Crippen LogP contribution in [0.5, 0.6) is 0 Å². The van der Waals surface area contributed by atoms with E-state index < -0.39 is 0 Å². The Morgan fingerprint density at radius 1 is 1.17 bits per heavy atom. The first kappa shape index (κ1) is 22.3. The molecule has 0 unspecified atom stereocenters. The van der Waals surface area contributed by atoms with Gasteiger partial charge in [0, 0.05) is 17.0 Å². The van der Waals surface area contributed by atoms with E-state index >= 15 is 0 Å². The second-order valence-corrected chi connectivity index (χ2v) is 8.91. The van der Waals surface area contributed by atoms with Gasteiger partial charge in [-0.1, -0.05) is 50.5 Å². The fourth-order valence-corrected chi connectivity index (χ4v) is 4.74. The number of methoxy groups -OCH3 is 1. The maximum absolute atomic E-state index is 12.5. The van der Waals surface area contributed by atoms with Crippen LogP contribution >= 0.6 is 11.3 Å². The highest BCUT2D eigenvalue weighted by molar-refractivity contribution is 7.13. The molecule has 2 heterocycles. The first-order valence-corrected chi connectivity index (χ1v) is 11.7. The van der Waals surface area contributed by atoms with Crippen molar-refractivity contribution in [2.45, 2.75) is 64.3 Å². The maximum Gasteiger partial charge on any atom is 0.348 e. The average Bonchev–Trinajstić information content (AvgIpc) is 3.38. The summed E-state index contributed by atoms with van der Waals surface area (Å²) in [7, 11) is 1.40. The average molecular weight is 426 g/mol. The van der Waals surface area contributed by atoms with E-state index in [1.54, 1.807) is 6.07 Å². The van der Waals surface area contributed by atoms with Crippen molar-refractivity contribution in [3.63, 3.8) is 0 Å². The Hall–Kier alpha value is -2.40. The van der Waals surface area contributed by atoms with Gasteiger partial charge in [-0.2, -0.15) is 0 Å². The molecule has 0 radical (unpaired) electrons. The highest BCUT2D eigenvalue weighted by atomic mass is 32.1. The molecule has 1 aromatic heterocycles. The number of thiophene rings is 1. The van der Waals surface area contributed by atoms with E-state index in [1.165, 1.54) is 49.7 Å². The van der Waals surface area contributed by atoms with Crippen LogP contribution in [0.3, 0.4) is 0 Å². The second-order valence-electron chi connectivity index (χ2n) is 7.74. The van der Waals surface area contributed by atoms with Crippen LogP contribution in [0.15, 0.2) is 48.6 Å². The van der Waals surface area contributed by atoms with Crippen LogP contribution < -0.4 is 4.90 Å². The molecule has 3 rings (SSSR count). The number of allylic oxidation sites excluding steroid dienone is 1. The highest BCUT2D eigenvalue weighted by Crippen LogP contribution is 2.28. The van der Waals surface area contributed by atoms with E-state index in [9.17, 15) is 9.59 Å². The minimum atomic E-state index is -0.295. The molecular formula is C25H31NO3S. The number of carbonyl (C=O) groups excluding carboxylic acids is 2.